The molecule has 1 aliphatic rings. The molecule has 8 heteroatoms. The van der Waals surface area contributed by atoms with Crippen molar-refractivity contribution < 1.29 is 18.3 Å². The monoisotopic (exact) mass is 338 g/mol. The Morgan fingerprint density at radius 3 is 2.86 bits per heavy atom. The number of fused-ring (bicyclic) bond motifs is 1. The molecule has 0 saturated heterocycles. The second-order valence-corrected chi connectivity index (χ2v) is 4.82. The summed E-state index contributed by atoms with van der Waals surface area (Å²) in [6, 6.07) is 4.99. The van der Waals surface area contributed by atoms with Crippen molar-refractivity contribution in [2.75, 3.05) is 19.7 Å². The highest BCUT2D eigenvalue weighted by atomic mass is 35.5. The van der Waals surface area contributed by atoms with Gasteiger partial charge in [-0.05, 0) is 24.3 Å². The van der Waals surface area contributed by atoms with Crippen LogP contribution in [0.2, 0.25) is 5.02 Å². The van der Waals surface area contributed by atoms with E-state index in [1.165, 1.54) is 0 Å². The van der Waals surface area contributed by atoms with Gasteiger partial charge in [0.05, 0.1) is 18.7 Å². The number of carbonyl (C=O) groups excluding carboxylic acids is 1. The number of carbonyl (C=O) groups is 1. The largest absolute Gasteiger partial charge is 0.488 e. The Morgan fingerprint density at radius 1 is 1.48 bits per heavy atom. The van der Waals surface area contributed by atoms with Crippen molar-refractivity contribution in [2.24, 2.45) is 5.73 Å². The van der Waals surface area contributed by atoms with Gasteiger partial charge in [0.1, 0.15) is 12.4 Å². The quantitative estimate of drug-likeness (QED) is 0.884. The lowest BCUT2D eigenvalue weighted by Gasteiger charge is -2.19. The van der Waals surface area contributed by atoms with Gasteiger partial charge in [-0.1, -0.05) is 11.6 Å². The first-order valence-electron chi connectivity index (χ1n) is 5.90. The summed E-state index contributed by atoms with van der Waals surface area (Å²) in [4.78, 5) is 11.8. The predicted molar refractivity (Wildman–Crippen MR) is 79.2 cm³/mol. The summed E-state index contributed by atoms with van der Waals surface area (Å²) < 4.78 is 31.3. The maximum atomic E-state index is 13.0. The van der Waals surface area contributed by atoms with Crippen molar-refractivity contribution in [2.45, 2.75) is 5.92 Å². The molecule has 1 aromatic rings. The average molecular weight is 339 g/mol. The lowest BCUT2D eigenvalue weighted by molar-refractivity contribution is -0.119. The minimum atomic E-state index is -3.12. The molecule has 0 atom stereocenters. The fraction of sp³-hybridized carbons (Fsp3) is 0.308. The smallest absolute Gasteiger partial charge is 0.277 e. The maximum Gasteiger partial charge on any atom is 0.277 e. The van der Waals surface area contributed by atoms with E-state index in [2.05, 4.69) is 5.32 Å². The first-order valence-corrected chi connectivity index (χ1v) is 6.28. The summed E-state index contributed by atoms with van der Waals surface area (Å²) in [5.74, 6) is -3.13. The van der Waals surface area contributed by atoms with Gasteiger partial charge in [0, 0.05) is 10.6 Å². The molecule has 0 spiro atoms. The van der Waals surface area contributed by atoms with Crippen LogP contribution >= 0.6 is 24.0 Å². The summed E-state index contributed by atoms with van der Waals surface area (Å²) in [5.41, 5.74) is 5.79. The molecular weight excluding hydrogens is 325 g/mol. The molecule has 1 aromatic carbocycles. The third-order valence-electron chi connectivity index (χ3n) is 2.78. The highest BCUT2D eigenvalue weighted by Gasteiger charge is 2.28. The molecule has 1 aliphatic heterocycles. The molecule has 3 N–H and O–H groups in total. The van der Waals surface area contributed by atoms with E-state index in [1.54, 1.807) is 24.3 Å². The molecule has 0 saturated carbocycles. The molecule has 0 unspecified atom stereocenters. The van der Waals surface area contributed by atoms with Crippen LogP contribution in [0.25, 0.3) is 6.08 Å². The zero-order valence-corrected chi connectivity index (χ0v) is 12.4. The van der Waals surface area contributed by atoms with Gasteiger partial charge in [0.2, 0.25) is 0 Å². The van der Waals surface area contributed by atoms with E-state index in [0.29, 0.717) is 16.3 Å². The second-order valence-electron chi connectivity index (χ2n) is 4.38. The normalized spacial score (nSPS) is 13.4. The van der Waals surface area contributed by atoms with Gasteiger partial charge in [0.15, 0.2) is 0 Å². The standard InChI is InChI=1S/C13H13ClF2N2O2.ClH/c14-10-1-2-11-8(4-10)3-9(5-20-11)12(19)18-7-13(15,16)6-17;/h1-4H,5-7,17H2,(H,18,19);1H. The fourth-order valence-corrected chi connectivity index (χ4v) is 1.86. The van der Waals surface area contributed by atoms with Crippen LogP contribution < -0.4 is 15.8 Å². The molecule has 0 radical (unpaired) electrons. The predicted octanol–water partition coefficient (Wildman–Crippen LogP) is 2.25. The van der Waals surface area contributed by atoms with Crippen LogP contribution in [0.4, 0.5) is 8.78 Å². The topological polar surface area (TPSA) is 64.3 Å². The summed E-state index contributed by atoms with van der Waals surface area (Å²) in [5, 5.41) is 2.64. The fourth-order valence-electron chi connectivity index (χ4n) is 1.67. The molecule has 0 aromatic heterocycles. The third kappa shape index (κ3) is 4.56. The van der Waals surface area contributed by atoms with Crippen molar-refractivity contribution in [3.8, 4) is 5.75 Å². The maximum absolute atomic E-state index is 13.0. The number of hydrogen-bond acceptors (Lipinski definition) is 3. The van der Waals surface area contributed by atoms with E-state index in [0.717, 1.165) is 0 Å². The van der Waals surface area contributed by atoms with E-state index in [9.17, 15) is 13.6 Å². The SMILES string of the molecule is Cl.NCC(F)(F)CNC(=O)C1=Cc2cc(Cl)ccc2OC1. The Bertz CT molecular complexity index is 565. The molecule has 1 heterocycles. The van der Waals surface area contributed by atoms with Gasteiger partial charge in [-0.3, -0.25) is 4.79 Å². The number of amides is 1. The first kappa shape index (κ1) is 17.7. The number of benzene rings is 1. The molecule has 116 valence electrons. The van der Waals surface area contributed by atoms with Crippen molar-refractivity contribution in [1.82, 2.24) is 5.32 Å². The van der Waals surface area contributed by atoms with Gasteiger partial charge in [-0.15, -0.1) is 12.4 Å². The van der Waals surface area contributed by atoms with Crippen LogP contribution in [0.1, 0.15) is 5.56 Å². The van der Waals surface area contributed by atoms with E-state index >= 15 is 0 Å². The Kier molecular flexibility index (Phi) is 5.95. The van der Waals surface area contributed by atoms with E-state index in [-0.39, 0.29) is 24.6 Å². The van der Waals surface area contributed by atoms with Crippen molar-refractivity contribution in [1.29, 1.82) is 0 Å². The second kappa shape index (κ2) is 7.06. The minimum Gasteiger partial charge on any atom is -0.488 e. The molecule has 21 heavy (non-hydrogen) atoms. The zero-order chi connectivity index (χ0) is 14.8. The Hall–Kier alpha value is -1.37. The molecule has 0 fully saturated rings. The van der Waals surface area contributed by atoms with Gasteiger partial charge in [-0.2, -0.15) is 0 Å². The van der Waals surface area contributed by atoms with E-state index < -0.39 is 24.9 Å². The van der Waals surface area contributed by atoms with Gasteiger partial charge in [-0.25, -0.2) is 8.78 Å². The van der Waals surface area contributed by atoms with Crippen molar-refractivity contribution >= 4 is 36.0 Å². The van der Waals surface area contributed by atoms with Gasteiger partial charge >= 0.3 is 0 Å². The van der Waals surface area contributed by atoms with Crippen molar-refractivity contribution in [3.63, 3.8) is 0 Å². The van der Waals surface area contributed by atoms with Crippen LogP contribution in [0, 0.1) is 0 Å². The van der Waals surface area contributed by atoms with Crippen LogP contribution in [0.15, 0.2) is 23.8 Å². The third-order valence-corrected chi connectivity index (χ3v) is 3.02. The molecule has 2 rings (SSSR count). The van der Waals surface area contributed by atoms with Gasteiger partial charge < -0.3 is 15.8 Å². The number of nitrogens with two attached hydrogens (primary N) is 1. The lowest BCUT2D eigenvalue weighted by atomic mass is 10.1. The Morgan fingerprint density at radius 2 is 2.19 bits per heavy atom. The molecular formula is C13H14Cl2F2N2O2. The molecule has 4 nitrogen and oxygen atoms in total. The van der Waals surface area contributed by atoms with Crippen molar-refractivity contribution in [3.05, 3.63) is 34.4 Å². The highest BCUT2D eigenvalue weighted by molar-refractivity contribution is 6.30. The molecule has 1 amide bonds. The van der Waals surface area contributed by atoms with E-state index in [4.69, 9.17) is 22.1 Å². The Balaban J connectivity index is 0.00000220. The summed E-state index contributed by atoms with van der Waals surface area (Å²) >= 11 is 5.85. The molecule has 0 bridgehead atoms. The molecule has 0 aliphatic carbocycles. The van der Waals surface area contributed by atoms with E-state index in [1.807, 2.05) is 0 Å². The summed E-state index contributed by atoms with van der Waals surface area (Å²) in [7, 11) is 0. The number of halogens is 4. The van der Waals surface area contributed by atoms with Crippen LogP contribution in [-0.4, -0.2) is 31.5 Å². The van der Waals surface area contributed by atoms with Crippen LogP contribution in [-0.2, 0) is 4.79 Å². The van der Waals surface area contributed by atoms with Gasteiger partial charge in [0.25, 0.3) is 11.8 Å². The number of hydrogen-bond donors (Lipinski definition) is 2. The van der Waals surface area contributed by atoms with Crippen LogP contribution in [0.5, 0.6) is 5.75 Å². The average Bonchev–Trinajstić information content (AvgIpc) is 2.44. The zero-order valence-electron chi connectivity index (χ0n) is 10.9. The number of ether oxygens (including phenoxy) is 1. The minimum absolute atomic E-state index is 0. The number of rotatable bonds is 4. The Labute approximate surface area is 131 Å². The summed E-state index contributed by atoms with van der Waals surface area (Å²) in [6.45, 7) is -1.60. The summed E-state index contributed by atoms with van der Waals surface area (Å²) in [6.07, 6.45) is 1.57. The first-order chi connectivity index (χ1) is 9.41. The lowest BCUT2D eigenvalue weighted by Crippen LogP contribution is -2.42. The number of alkyl halides is 2. The highest BCUT2D eigenvalue weighted by Crippen LogP contribution is 2.28. The number of nitrogens with one attached hydrogen (secondary N) is 1. The van der Waals surface area contributed by atoms with Crippen LogP contribution in [0.3, 0.4) is 0 Å².